The van der Waals surface area contributed by atoms with Crippen LogP contribution in [0.25, 0.3) is 0 Å². The predicted octanol–water partition coefficient (Wildman–Crippen LogP) is 9.68. The molecule has 0 unspecified atom stereocenters. The fourth-order valence-corrected chi connectivity index (χ4v) is 7.22. The maximum absolute atomic E-state index is 12.8. The monoisotopic (exact) mass is 729 g/mol. The Labute approximate surface area is 323 Å². The topological polar surface area (TPSA) is 104 Å². The molecule has 6 heteroatoms. The lowest BCUT2D eigenvalue weighted by Crippen LogP contribution is -2.45. The molecule has 6 nitrogen and oxygen atoms in total. The molecule has 0 saturated carbocycles. The van der Waals surface area contributed by atoms with Crippen LogP contribution in [0.1, 0.15) is 50.1 Å². The average molecular weight is 730 g/mol. The fraction of sp³-hybridized carbons (Fsp3) is 0.143. The zero-order valence-corrected chi connectivity index (χ0v) is 31.1. The molecular weight excluding hydrogens is 683 g/mol. The summed E-state index contributed by atoms with van der Waals surface area (Å²) < 4.78 is 0.960. The molecule has 4 N–H and O–H groups in total. The summed E-state index contributed by atoms with van der Waals surface area (Å²) in [6.07, 6.45) is 0.475. The number of hydrogen-bond acceptors (Lipinski definition) is 5. The van der Waals surface area contributed by atoms with E-state index in [0.29, 0.717) is 22.3 Å². The van der Waals surface area contributed by atoms with Crippen LogP contribution in [0.4, 0.5) is 0 Å². The van der Waals surface area contributed by atoms with Gasteiger partial charge in [0.1, 0.15) is 49.2 Å². The largest absolute Gasteiger partial charge is 0.872 e. The number of phenolic OH excluding ortho intramolecular Hbond substituents is 4. The molecule has 7 aromatic carbocycles. The summed E-state index contributed by atoms with van der Waals surface area (Å²) >= 11 is 0. The Balaban J connectivity index is 0.000000188. The smallest absolute Gasteiger partial charge is 0.122 e. The Morgan fingerprint density at radius 1 is 0.400 bits per heavy atom. The summed E-state index contributed by atoms with van der Waals surface area (Å²) in [4.78, 5) is 0. The van der Waals surface area contributed by atoms with Crippen LogP contribution in [-0.4, -0.2) is 24.9 Å². The molecule has 0 amide bonds. The van der Waals surface area contributed by atoms with Crippen LogP contribution < -0.4 is 5.11 Å². The van der Waals surface area contributed by atoms with Crippen LogP contribution in [0.5, 0.6) is 28.7 Å². The normalized spacial score (nSPS) is 11.1. The minimum Gasteiger partial charge on any atom is -0.872 e. The first-order chi connectivity index (χ1) is 26.6. The Kier molecular flexibility index (Phi) is 12.5. The number of aromatic hydroxyl groups is 4. The maximum Gasteiger partial charge on any atom is 0.122 e. The van der Waals surface area contributed by atoms with Crippen molar-refractivity contribution in [3.05, 3.63) is 220 Å². The van der Waals surface area contributed by atoms with E-state index in [1.807, 2.05) is 6.92 Å². The van der Waals surface area contributed by atoms with Gasteiger partial charge in [-0.1, -0.05) is 162 Å². The first kappa shape index (κ1) is 38.2. The average Bonchev–Trinajstić information content (AvgIpc) is 3.17. The third-order valence-corrected chi connectivity index (χ3v) is 9.73. The van der Waals surface area contributed by atoms with Crippen molar-refractivity contribution in [2.75, 3.05) is 0 Å². The Bertz CT molecular complexity index is 2030. The Morgan fingerprint density at radius 2 is 0.709 bits per heavy atom. The third-order valence-electron chi connectivity index (χ3n) is 9.73. The van der Waals surface area contributed by atoms with Gasteiger partial charge in [-0.2, -0.15) is 0 Å². The molecule has 0 aliphatic rings. The van der Waals surface area contributed by atoms with Gasteiger partial charge in [0.05, 0.1) is 0 Å². The van der Waals surface area contributed by atoms with Crippen molar-refractivity contribution >= 4 is 0 Å². The summed E-state index contributed by atoms with van der Waals surface area (Å²) in [7, 11) is 0. The molecule has 0 saturated heterocycles. The Hall–Kier alpha value is -6.50. The molecule has 7 rings (SSSR count). The predicted molar refractivity (Wildman–Crippen MR) is 217 cm³/mol. The highest BCUT2D eigenvalue weighted by molar-refractivity contribution is 5.51. The van der Waals surface area contributed by atoms with Gasteiger partial charge in [-0.15, -0.1) is 5.75 Å². The van der Waals surface area contributed by atoms with Crippen LogP contribution in [-0.2, 0) is 39.0 Å². The van der Waals surface area contributed by atoms with Gasteiger partial charge in [0.15, 0.2) is 0 Å². The van der Waals surface area contributed by atoms with Crippen molar-refractivity contribution in [3.8, 4) is 28.7 Å². The fourth-order valence-electron chi connectivity index (χ4n) is 7.22. The number of hydrogen-bond donors (Lipinski definition) is 4. The van der Waals surface area contributed by atoms with Crippen molar-refractivity contribution in [1.82, 2.24) is 0 Å². The summed E-state index contributed by atoms with van der Waals surface area (Å²) in [5.41, 5.74) is 8.58. The van der Waals surface area contributed by atoms with Crippen molar-refractivity contribution in [2.24, 2.45) is 0 Å². The molecule has 0 aromatic heterocycles. The third kappa shape index (κ3) is 10.8. The van der Waals surface area contributed by atoms with E-state index in [1.54, 1.807) is 24.3 Å². The lowest BCUT2D eigenvalue weighted by molar-refractivity contribution is -0.978. The van der Waals surface area contributed by atoms with Crippen LogP contribution >= 0.6 is 0 Å². The first-order valence-corrected chi connectivity index (χ1v) is 18.5. The van der Waals surface area contributed by atoms with Gasteiger partial charge < -0.3 is 30.0 Å². The van der Waals surface area contributed by atoms with Gasteiger partial charge in [0.2, 0.25) is 0 Å². The second-order valence-electron chi connectivity index (χ2n) is 14.3. The lowest BCUT2D eigenvalue weighted by atomic mass is 9.95. The molecule has 0 aliphatic heterocycles. The van der Waals surface area contributed by atoms with E-state index in [2.05, 4.69) is 121 Å². The van der Waals surface area contributed by atoms with Crippen LogP contribution in [0.2, 0.25) is 0 Å². The number of phenols is 4. The summed E-state index contributed by atoms with van der Waals surface area (Å²) in [5.74, 6) is -0.370. The highest BCUT2D eigenvalue weighted by atomic mass is 16.3. The summed E-state index contributed by atoms with van der Waals surface area (Å²) in [5, 5.41) is 51.5. The van der Waals surface area contributed by atoms with Gasteiger partial charge in [0, 0.05) is 47.2 Å². The summed E-state index contributed by atoms with van der Waals surface area (Å²) in [6.45, 7) is 5.87. The standard InChI is InChI=1S/C28H28N.C21H20O5/c1-5-13-25(14-6-1)21-29(22-26-15-7-2-8-16-26,23-27-17-9-3-10-18-27)24-28-19-11-4-12-20-28;1-12-6-15(8-13-2-4-17(22)10-19(13)24)21(26)16(7-12)9-14-3-5-18(23)11-20(14)25/h1-20H,21-24H2;2-7,10-11,22-26H,8-9H2,1H3/q+1;/p-1. The molecule has 0 spiro atoms. The lowest BCUT2D eigenvalue weighted by Gasteiger charge is -2.39. The minimum atomic E-state index is -0.157. The highest BCUT2D eigenvalue weighted by Crippen LogP contribution is 2.33. The maximum atomic E-state index is 12.8. The van der Waals surface area contributed by atoms with Crippen molar-refractivity contribution in [1.29, 1.82) is 0 Å². The molecule has 0 fully saturated rings. The van der Waals surface area contributed by atoms with Crippen molar-refractivity contribution in [3.63, 3.8) is 0 Å². The first-order valence-electron chi connectivity index (χ1n) is 18.5. The van der Waals surface area contributed by atoms with Gasteiger partial charge in [-0.3, -0.25) is 0 Å². The van der Waals surface area contributed by atoms with Crippen LogP contribution in [0.15, 0.2) is 170 Å². The molecule has 0 aliphatic carbocycles. The van der Waals surface area contributed by atoms with Gasteiger partial charge in [0.25, 0.3) is 0 Å². The molecule has 7 aromatic rings. The number of nitrogens with zero attached hydrogens (tertiary/aromatic N) is 1. The van der Waals surface area contributed by atoms with Gasteiger partial charge in [-0.25, -0.2) is 0 Å². The van der Waals surface area contributed by atoms with E-state index in [0.717, 1.165) is 36.2 Å². The molecule has 55 heavy (non-hydrogen) atoms. The van der Waals surface area contributed by atoms with E-state index in [4.69, 9.17) is 0 Å². The highest BCUT2D eigenvalue weighted by Gasteiger charge is 2.29. The number of aryl methyl sites for hydroxylation is 1. The molecular formula is C49H47NO5. The number of rotatable bonds is 12. The van der Waals surface area contributed by atoms with Crippen LogP contribution in [0.3, 0.4) is 0 Å². The minimum absolute atomic E-state index is 0.0404. The van der Waals surface area contributed by atoms with Crippen molar-refractivity contribution < 1.29 is 30.0 Å². The van der Waals surface area contributed by atoms with E-state index < -0.39 is 0 Å². The number of benzene rings is 7. The van der Waals surface area contributed by atoms with E-state index >= 15 is 0 Å². The quantitative estimate of drug-likeness (QED) is 0.0939. The van der Waals surface area contributed by atoms with Crippen LogP contribution in [0, 0.1) is 6.92 Å². The summed E-state index contributed by atoms with van der Waals surface area (Å²) in [6, 6.07) is 55.8. The number of quaternary nitrogens is 1. The van der Waals surface area contributed by atoms with E-state index in [9.17, 15) is 25.5 Å². The van der Waals surface area contributed by atoms with E-state index in [1.165, 1.54) is 46.5 Å². The second kappa shape index (κ2) is 18.0. The van der Waals surface area contributed by atoms with Gasteiger partial charge >= 0.3 is 0 Å². The molecule has 278 valence electrons. The van der Waals surface area contributed by atoms with E-state index in [-0.39, 0.29) is 41.6 Å². The SMILES string of the molecule is Cc1cc(Cc2ccc(O)cc2O)c([O-])c(Cc2ccc(O)cc2O)c1.c1ccc(C[N+](Cc2ccccc2)(Cc2ccccc2)Cc2ccccc2)cc1. The zero-order valence-electron chi connectivity index (χ0n) is 31.1. The Morgan fingerprint density at radius 3 is 1.00 bits per heavy atom. The molecule has 0 radical (unpaired) electrons. The molecule has 0 atom stereocenters. The second-order valence-corrected chi connectivity index (χ2v) is 14.3. The molecule has 0 bridgehead atoms. The molecule has 0 heterocycles. The zero-order chi connectivity index (χ0) is 38.6. The van der Waals surface area contributed by atoms with Gasteiger partial charge in [-0.05, 0) is 30.2 Å². The van der Waals surface area contributed by atoms with Crippen molar-refractivity contribution in [2.45, 2.75) is 45.9 Å².